The number of ether oxygens (including phenoxy) is 1. The van der Waals surface area contributed by atoms with Crippen molar-refractivity contribution in [2.24, 2.45) is 4.99 Å². The smallest absolute Gasteiger partial charge is 0.409 e. The molecule has 0 saturated carbocycles. The second-order valence-corrected chi connectivity index (χ2v) is 6.00. The van der Waals surface area contributed by atoms with Gasteiger partial charge < -0.3 is 20.3 Å². The normalized spacial score (nSPS) is 14.9. The number of piperidine rings is 1. The lowest BCUT2D eigenvalue weighted by molar-refractivity contribution is -0.384. The van der Waals surface area contributed by atoms with Crippen LogP contribution < -0.4 is 10.6 Å². The lowest BCUT2D eigenvalue weighted by Gasteiger charge is -2.32. The molecule has 0 aliphatic carbocycles. The number of likely N-dealkylation sites (tertiary alicyclic amines) is 1. The van der Waals surface area contributed by atoms with Crippen LogP contribution in [0.1, 0.15) is 25.3 Å². The van der Waals surface area contributed by atoms with Gasteiger partial charge in [-0.2, -0.15) is 0 Å². The van der Waals surface area contributed by atoms with E-state index in [9.17, 15) is 14.9 Å². The van der Waals surface area contributed by atoms with Crippen LogP contribution in [0, 0.1) is 10.1 Å². The molecule has 0 radical (unpaired) electrons. The maximum Gasteiger partial charge on any atom is 0.409 e. The minimum absolute atomic E-state index is 0. The third-order valence-corrected chi connectivity index (χ3v) is 4.15. The molecule has 0 unspecified atom stereocenters. The summed E-state index contributed by atoms with van der Waals surface area (Å²) in [5.41, 5.74) is 0.836. The second kappa shape index (κ2) is 11.6. The summed E-state index contributed by atoms with van der Waals surface area (Å²) in [5.74, 6) is 0.663. The lowest BCUT2D eigenvalue weighted by Crippen LogP contribution is -2.49. The van der Waals surface area contributed by atoms with Crippen LogP contribution in [0.3, 0.4) is 0 Å². The Morgan fingerprint density at radius 1 is 1.41 bits per heavy atom. The predicted molar refractivity (Wildman–Crippen MR) is 113 cm³/mol. The van der Waals surface area contributed by atoms with Gasteiger partial charge in [-0.15, -0.1) is 24.0 Å². The number of non-ortho nitro benzene ring substituents is 1. The first-order valence-electron chi connectivity index (χ1n) is 8.64. The van der Waals surface area contributed by atoms with Crippen molar-refractivity contribution in [3.8, 4) is 0 Å². The summed E-state index contributed by atoms with van der Waals surface area (Å²) >= 11 is 0. The van der Waals surface area contributed by atoms with E-state index in [4.69, 9.17) is 4.74 Å². The summed E-state index contributed by atoms with van der Waals surface area (Å²) < 4.78 is 4.74. The highest BCUT2D eigenvalue weighted by atomic mass is 127. The fourth-order valence-corrected chi connectivity index (χ4v) is 2.79. The van der Waals surface area contributed by atoms with Crippen LogP contribution >= 0.6 is 24.0 Å². The summed E-state index contributed by atoms with van der Waals surface area (Å²) in [4.78, 5) is 28.2. The van der Waals surface area contributed by atoms with E-state index in [0.29, 0.717) is 32.1 Å². The molecule has 1 aromatic rings. The molecule has 0 spiro atoms. The molecule has 0 atom stereocenters. The van der Waals surface area contributed by atoms with Crippen molar-refractivity contribution in [3.63, 3.8) is 0 Å². The maximum absolute atomic E-state index is 11.5. The Hall–Kier alpha value is -2.11. The number of hydrogen-bond donors (Lipinski definition) is 2. The maximum atomic E-state index is 11.5. The second-order valence-electron chi connectivity index (χ2n) is 6.00. The zero-order valence-electron chi connectivity index (χ0n) is 15.5. The topological polar surface area (TPSA) is 109 Å². The number of nitrogens with zero attached hydrogens (tertiary/aromatic N) is 3. The van der Waals surface area contributed by atoms with Crippen molar-refractivity contribution >= 4 is 41.7 Å². The molecule has 9 nitrogen and oxygen atoms in total. The summed E-state index contributed by atoms with van der Waals surface area (Å²) in [6, 6.07) is 6.67. The number of benzene rings is 1. The Morgan fingerprint density at radius 3 is 2.70 bits per heavy atom. The number of nitro groups is 1. The van der Waals surface area contributed by atoms with Crippen LogP contribution in [0.15, 0.2) is 29.3 Å². The number of aliphatic imine (C=N–C) groups is 1. The number of nitrogens with one attached hydrogen (secondary N) is 2. The first-order valence-corrected chi connectivity index (χ1v) is 8.64. The highest BCUT2D eigenvalue weighted by Gasteiger charge is 2.23. The number of rotatable bonds is 5. The minimum atomic E-state index is -0.411. The number of hydrogen-bond acceptors (Lipinski definition) is 5. The molecule has 27 heavy (non-hydrogen) atoms. The van der Waals surface area contributed by atoms with Crippen molar-refractivity contribution in [2.45, 2.75) is 32.4 Å². The van der Waals surface area contributed by atoms with E-state index in [-0.39, 0.29) is 41.8 Å². The van der Waals surface area contributed by atoms with Gasteiger partial charge in [-0.3, -0.25) is 10.1 Å². The van der Waals surface area contributed by atoms with Gasteiger partial charge in [0.1, 0.15) is 0 Å². The van der Waals surface area contributed by atoms with E-state index >= 15 is 0 Å². The highest BCUT2D eigenvalue weighted by Crippen LogP contribution is 2.14. The number of carbonyl (C=O) groups is 1. The van der Waals surface area contributed by atoms with Crippen molar-refractivity contribution in [3.05, 3.63) is 39.9 Å². The standard InChI is InChI=1S/C17H25N5O4.HI/c1-3-18-16(19-12-13-5-4-6-15(11-13)22(24)25)20-14-7-9-21(10-8-14)17(23)26-2;/h4-6,11,14H,3,7-10,12H2,1-2H3,(H2,18,19,20);1H. The molecule has 1 heterocycles. The van der Waals surface area contributed by atoms with Crippen LogP contribution in [0.2, 0.25) is 0 Å². The monoisotopic (exact) mass is 491 g/mol. The number of amides is 1. The molecule has 0 bridgehead atoms. The summed E-state index contributed by atoms with van der Waals surface area (Å²) in [5, 5.41) is 17.4. The molecule has 1 amide bonds. The first kappa shape index (κ1) is 22.9. The number of guanidine groups is 1. The molecule has 1 aliphatic heterocycles. The molecule has 1 aliphatic rings. The third kappa shape index (κ3) is 7.19. The van der Waals surface area contributed by atoms with Gasteiger partial charge in [-0.1, -0.05) is 12.1 Å². The average Bonchev–Trinajstić information content (AvgIpc) is 2.66. The van der Waals surface area contributed by atoms with Gasteiger partial charge in [-0.05, 0) is 25.3 Å². The Bertz CT molecular complexity index is 662. The van der Waals surface area contributed by atoms with Crippen LogP contribution in [-0.2, 0) is 11.3 Å². The Labute approximate surface area is 175 Å². The summed E-state index contributed by atoms with van der Waals surface area (Å²) in [7, 11) is 1.39. The van der Waals surface area contributed by atoms with Crippen LogP contribution in [-0.4, -0.2) is 54.7 Å². The van der Waals surface area contributed by atoms with Crippen molar-refractivity contribution < 1.29 is 14.5 Å². The molecular weight excluding hydrogens is 465 g/mol. The molecule has 0 aromatic heterocycles. The fourth-order valence-electron chi connectivity index (χ4n) is 2.79. The zero-order valence-corrected chi connectivity index (χ0v) is 17.8. The largest absolute Gasteiger partial charge is 0.453 e. The van der Waals surface area contributed by atoms with Crippen LogP contribution in [0.25, 0.3) is 0 Å². The molecule has 1 saturated heterocycles. The molecule has 150 valence electrons. The quantitative estimate of drug-likeness (QED) is 0.216. The molecule has 1 aromatic carbocycles. The van der Waals surface area contributed by atoms with E-state index in [1.807, 2.05) is 13.0 Å². The first-order chi connectivity index (χ1) is 12.5. The van der Waals surface area contributed by atoms with Crippen LogP contribution in [0.5, 0.6) is 0 Å². The van der Waals surface area contributed by atoms with Gasteiger partial charge in [-0.25, -0.2) is 9.79 Å². The van der Waals surface area contributed by atoms with E-state index in [0.717, 1.165) is 18.4 Å². The molecule has 2 rings (SSSR count). The Morgan fingerprint density at radius 2 is 2.11 bits per heavy atom. The number of carbonyl (C=O) groups excluding carboxylic acids is 1. The summed E-state index contributed by atoms with van der Waals surface area (Å²) in [6.45, 7) is 4.30. The van der Waals surface area contributed by atoms with Gasteiger partial charge >= 0.3 is 6.09 Å². The molecular formula is C17H26IN5O4. The molecule has 1 fully saturated rings. The van der Waals surface area contributed by atoms with E-state index in [1.165, 1.54) is 19.2 Å². The van der Waals surface area contributed by atoms with Crippen molar-refractivity contribution in [2.75, 3.05) is 26.7 Å². The van der Waals surface area contributed by atoms with Gasteiger partial charge in [0.2, 0.25) is 0 Å². The SMILES string of the molecule is CCNC(=NCc1cccc([N+](=O)[O-])c1)NC1CCN(C(=O)OC)CC1.I. The van der Waals surface area contributed by atoms with E-state index < -0.39 is 4.92 Å². The van der Waals surface area contributed by atoms with Crippen molar-refractivity contribution in [1.82, 2.24) is 15.5 Å². The van der Waals surface area contributed by atoms with Gasteiger partial charge in [0.25, 0.3) is 5.69 Å². The lowest BCUT2D eigenvalue weighted by atomic mass is 10.1. The minimum Gasteiger partial charge on any atom is -0.453 e. The van der Waals surface area contributed by atoms with Crippen LogP contribution in [0.4, 0.5) is 10.5 Å². The van der Waals surface area contributed by atoms with Gasteiger partial charge in [0.05, 0.1) is 18.6 Å². The highest BCUT2D eigenvalue weighted by molar-refractivity contribution is 14.0. The number of halogens is 1. The third-order valence-electron chi connectivity index (χ3n) is 4.15. The fraction of sp³-hybridized carbons (Fsp3) is 0.529. The average molecular weight is 491 g/mol. The molecule has 2 N–H and O–H groups in total. The van der Waals surface area contributed by atoms with Gasteiger partial charge in [0.15, 0.2) is 5.96 Å². The van der Waals surface area contributed by atoms with Crippen molar-refractivity contribution in [1.29, 1.82) is 0 Å². The van der Waals surface area contributed by atoms with Gasteiger partial charge in [0, 0.05) is 37.8 Å². The zero-order chi connectivity index (χ0) is 18.9. The number of methoxy groups -OCH3 is 1. The molecule has 10 heteroatoms. The van der Waals surface area contributed by atoms with E-state index in [2.05, 4.69) is 15.6 Å². The summed E-state index contributed by atoms with van der Waals surface area (Å²) in [6.07, 6.45) is 1.31. The number of nitro benzene ring substituents is 1. The Balaban J connectivity index is 0.00000364. The Kier molecular flexibility index (Phi) is 9.83. The van der Waals surface area contributed by atoms with E-state index in [1.54, 1.807) is 11.0 Å². The predicted octanol–water partition coefficient (Wildman–Crippen LogP) is 2.50.